The van der Waals surface area contributed by atoms with Crippen LogP contribution >= 0.6 is 0 Å². The van der Waals surface area contributed by atoms with Gasteiger partial charge in [-0.1, -0.05) is 36.7 Å². The monoisotopic (exact) mass is 363 g/mol. The van der Waals surface area contributed by atoms with E-state index in [0.29, 0.717) is 12.3 Å². The van der Waals surface area contributed by atoms with Crippen LogP contribution in [0.1, 0.15) is 45.9 Å². The molecule has 2 rings (SSSR count). The Labute approximate surface area is 153 Å². The van der Waals surface area contributed by atoms with Crippen molar-refractivity contribution in [3.63, 3.8) is 0 Å². The van der Waals surface area contributed by atoms with E-state index < -0.39 is 17.5 Å². The number of ether oxygens (including phenoxy) is 1. The Kier molecular flexibility index (Phi) is 8.36. The summed E-state index contributed by atoms with van der Waals surface area (Å²) in [5, 5.41) is 16.2. The summed E-state index contributed by atoms with van der Waals surface area (Å²) in [5.41, 5.74) is 1.12. The molecular weight excluding hydrogens is 337 g/mol. The molecule has 26 heavy (non-hydrogen) atoms. The number of nitrogens with one attached hydrogen (secondary N) is 1. The van der Waals surface area contributed by atoms with Crippen LogP contribution in [0.4, 0.5) is 0 Å². The predicted octanol–water partition coefficient (Wildman–Crippen LogP) is 0.201. The minimum Gasteiger partial charge on any atom is -0.455 e. The van der Waals surface area contributed by atoms with Gasteiger partial charge in [0.2, 0.25) is 11.8 Å². The fraction of sp³-hybridized carbons (Fsp3) is 0.412. The van der Waals surface area contributed by atoms with Gasteiger partial charge in [0.15, 0.2) is 0 Å². The molecule has 0 unspecified atom stereocenters. The third kappa shape index (κ3) is 5.78. The van der Waals surface area contributed by atoms with Crippen molar-refractivity contribution >= 4 is 25.0 Å². The van der Waals surface area contributed by atoms with Crippen LogP contribution in [0.25, 0.3) is 11.5 Å². The van der Waals surface area contributed by atoms with E-state index in [9.17, 15) is 4.79 Å². The van der Waals surface area contributed by atoms with Gasteiger partial charge in [-0.25, -0.2) is 4.79 Å². The van der Waals surface area contributed by atoms with E-state index in [2.05, 4.69) is 10.2 Å². The fourth-order valence-electron chi connectivity index (χ4n) is 2.17. The average molecular weight is 363 g/mol. The van der Waals surface area contributed by atoms with Crippen LogP contribution in [0.15, 0.2) is 28.7 Å². The largest absolute Gasteiger partial charge is 0.455 e. The van der Waals surface area contributed by atoms with E-state index in [-0.39, 0.29) is 22.6 Å². The summed E-state index contributed by atoms with van der Waals surface area (Å²) < 4.78 is 10.9. The normalized spacial score (nSPS) is 11.7. The van der Waals surface area contributed by atoms with E-state index in [0.717, 1.165) is 11.0 Å². The second-order valence-electron chi connectivity index (χ2n) is 6.69. The summed E-state index contributed by atoms with van der Waals surface area (Å²) in [6.45, 7) is 7.16. The van der Waals surface area contributed by atoms with Crippen molar-refractivity contribution in [1.82, 2.24) is 10.2 Å². The second-order valence-corrected chi connectivity index (χ2v) is 6.69. The van der Waals surface area contributed by atoms with Gasteiger partial charge in [-0.2, -0.15) is 0 Å². The molecule has 142 valence electrons. The molecule has 2 aromatic rings. The Balaban J connectivity index is 0.00000312. The highest BCUT2D eigenvalue weighted by Crippen LogP contribution is 2.25. The van der Waals surface area contributed by atoms with Crippen molar-refractivity contribution in [3.05, 3.63) is 30.2 Å². The number of hydrogen-bond acceptors (Lipinski definition) is 6. The number of rotatable bonds is 5. The maximum absolute atomic E-state index is 12.1. The van der Waals surface area contributed by atoms with Crippen molar-refractivity contribution in [2.45, 2.75) is 45.6 Å². The first-order valence-electron chi connectivity index (χ1n) is 7.93. The number of hydrogen-bond donors (Lipinski definition) is 1. The van der Waals surface area contributed by atoms with Gasteiger partial charge >= 0.3 is 5.97 Å². The molecule has 0 amide bonds. The van der Waals surface area contributed by atoms with Gasteiger partial charge in [0, 0.05) is 5.56 Å². The number of benzene rings is 1. The average Bonchev–Trinajstić information content (AvgIpc) is 2.96. The summed E-state index contributed by atoms with van der Waals surface area (Å²) in [4.78, 5) is 12.1. The molecular formula is C17H26BN3O5. The van der Waals surface area contributed by atoms with Crippen LogP contribution in [0.5, 0.6) is 0 Å². The highest BCUT2D eigenvalue weighted by molar-refractivity contribution is 6.37. The lowest BCUT2D eigenvalue weighted by Crippen LogP contribution is -2.31. The highest BCUT2D eigenvalue weighted by atomic mass is 16.6. The molecule has 9 heteroatoms. The van der Waals surface area contributed by atoms with Crippen molar-refractivity contribution < 1.29 is 24.9 Å². The molecule has 0 saturated heterocycles. The lowest BCUT2D eigenvalue weighted by atomic mass is 9.95. The van der Waals surface area contributed by atoms with Crippen LogP contribution in [-0.2, 0) is 9.53 Å². The number of carbonyl (C=O) groups excluding carboxylic acids is 1. The molecule has 0 aliphatic rings. The molecule has 0 aliphatic heterocycles. The molecule has 0 aliphatic carbocycles. The lowest BCUT2D eigenvalue weighted by Gasteiger charge is -2.21. The van der Waals surface area contributed by atoms with E-state index in [1.165, 1.54) is 0 Å². The maximum atomic E-state index is 12.1. The number of aromatic nitrogens is 2. The molecule has 1 atom stereocenters. The summed E-state index contributed by atoms with van der Waals surface area (Å²) in [6.07, 6.45) is 0.494. The first kappa shape index (κ1) is 23.5. The summed E-state index contributed by atoms with van der Waals surface area (Å²) in [7, 11) is 2.00. The van der Waals surface area contributed by atoms with Crippen LogP contribution < -0.4 is 5.46 Å². The van der Waals surface area contributed by atoms with Gasteiger partial charge in [0.1, 0.15) is 19.2 Å². The van der Waals surface area contributed by atoms with Gasteiger partial charge in [-0.3, -0.25) is 5.41 Å². The van der Waals surface area contributed by atoms with Crippen LogP contribution in [-0.4, -0.2) is 46.3 Å². The summed E-state index contributed by atoms with van der Waals surface area (Å²) >= 11 is 0. The van der Waals surface area contributed by atoms with Gasteiger partial charge in [-0.15, -0.1) is 10.2 Å². The third-order valence-electron chi connectivity index (χ3n) is 3.41. The molecule has 1 aromatic heterocycles. The number of esters is 1. The third-order valence-corrected chi connectivity index (χ3v) is 3.41. The van der Waals surface area contributed by atoms with E-state index in [1.54, 1.807) is 20.8 Å². The Bertz CT molecular complexity index is 738. The topological polar surface area (TPSA) is 152 Å². The Morgan fingerprint density at radius 1 is 1.23 bits per heavy atom. The maximum Gasteiger partial charge on any atom is 0.353 e. The molecule has 0 fully saturated rings. The fourth-order valence-corrected chi connectivity index (χ4v) is 2.17. The molecule has 1 heterocycles. The number of nitrogens with zero attached hydrogens (tertiary/aromatic N) is 2. The first-order valence-corrected chi connectivity index (χ1v) is 7.93. The minimum absolute atomic E-state index is 0. The van der Waals surface area contributed by atoms with E-state index >= 15 is 0 Å². The smallest absolute Gasteiger partial charge is 0.353 e. The van der Waals surface area contributed by atoms with Gasteiger partial charge < -0.3 is 20.1 Å². The van der Waals surface area contributed by atoms with Crippen LogP contribution in [0.3, 0.4) is 0 Å². The number of carbonyl (C=O) groups is 1. The molecule has 0 saturated carbocycles. The molecule has 0 spiro atoms. The van der Waals surface area contributed by atoms with Crippen molar-refractivity contribution in [2.75, 3.05) is 0 Å². The van der Waals surface area contributed by atoms with E-state index in [1.807, 2.05) is 39.0 Å². The minimum atomic E-state index is -0.663. The zero-order chi connectivity index (χ0) is 17.9. The molecule has 1 aromatic carbocycles. The van der Waals surface area contributed by atoms with Crippen LogP contribution in [0.2, 0.25) is 0 Å². The quantitative estimate of drug-likeness (QED) is 0.457. The van der Waals surface area contributed by atoms with Crippen LogP contribution in [0, 0.1) is 5.41 Å². The van der Waals surface area contributed by atoms with Gasteiger partial charge in [0.25, 0.3) is 0 Å². The van der Waals surface area contributed by atoms with Crippen molar-refractivity contribution in [1.29, 1.82) is 5.41 Å². The molecule has 0 radical (unpaired) electrons. The van der Waals surface area contributed by atoms with E-state index in [4.69, 9.17) is 14.6 Å². The zero-order valence-corrected chi connectivity index (χ0v) is 15.7. The Morgan fingerprint density at radius 2 is 1.81 bits per heavy atom. The lowest BCUT2D eigenvalue weighted by molar-refractivity contribution is -0.146. The van der Waals surface area contributed by atoms with Crippen molar-refractivity contribution in [3.8, 4) is 11.5 Å². The van der Waals surface area contributed by atoms with Crippen molar-refractivity contribution in [2.24, 2.45) is 0 Å². The predicted molar refractivity (Wildman–Crippen MR) is 102 cm³/mol. The Morgan fingerprint density at radius 3 is 2.31 bits per heavy atom. The molecule has 8 nitrogen and oxygen atoms in total. The Hall–Kier alpha value is -2.52. The second kappa shape index (κ2) is 9.26. The molecule has 5 N–H and O–H groups in total. The summed E-state index contributed by atoms with van der Waals surface area (Å²) in [5.74, 6) is -0.611. The zero-order valence-electron chi connectivity index (χ0n) is 15.7. The SMILES string of the molecule is Bc1ccc(-c2nnc([C@@H](CC)C(=N)C(=O)OC(C)(C)C)o2)cc1.O.O. The first-order chi connectivity index (χ1) is 11.2. The molecule has 0 bridgehead atoms. The van der Waals surface area contributed by atoms with Gasteiger partial charge in [0.05, 0.1) is 5.92 Å². The standard InChI is InChI=1S/C17H22BN3O3.2H2O/c1-5-12(13(19)16(22)24-17(2,3)4)15-21-20-14(23-15)10-6-8-11(18)9-7-10;;/h6-9,12,19H,5,18H2,1-4H3;2*1H2/t12-;;/m0../s1. The highest BCUT2D eigenvalue weighted by Gasteiger charge is 2.30. The van der Waals surface area contributed by atoms with Gasteiger partial charge in [-0.05, 0) is 27.2 Å². The summed E-state index contributed by atoms with van der Waals surface area (Å²) in [6, 6.07) is 7.71.